The maximum absolute atomic E-state index is 4.35. The Morgan fingerprint density at radius 2 is 2.17 bits per heavy atom. The third-order valence-corrected chi connectivity index (χ3v) is 2.84. The summed E-state index contributed by atoms with van der Waals surface area (Å²) in [4.78, 5) is 8.55. The molecular weight excluding hydrogens is 224 g/mol. The molecule has 0 unspecified atom stereocenters. The molecule has 0 spiro atoms. The number of hydrogen-bond acceptors (Lipinski definition) is 2. The Hall–Kier alpha value is -1.58. The molecule has 0 aliphatic carbocycles. The molecule has 1 rings (SSSR count). The highest BCUT2D eigenvalue weighted by Crippen LogP contribution is 2.01. The number of pyridine rings is 1. The number of guanidine groups is 1. The quantitative estimate of drug-likeness (QED) is 0.461. The Bertz CT molecular complexity index is 374. The predicted octanol–water partition coefficient (Wildman–Crippen LogP) is 2.25. The highest BCUT2D eigenvalue weighted by atomic mass is 15.2. The molecule has 4 heteroatoms. The van der Waals surface area contributed by atoms with E-state index in [1.807, 2.05) is 12.3 Å². The van der Waals surface area contributed by atoms with E-state index in [0.29, 0.717) is 6.54 Å². The zero-order valence-electron chi connectivity index (χ0n) is 11.7. The molecule has 0 aliphatic rings. The first-order valence-corrected chi connectivity index (χ1v) is 6.63. The molecule has 4 nitrogen and oxygen atoms in total. The second kappa shape index (κ2) is 8.50. The molecule has 0 fully saturated rings. The van der Waals surface area contributed by atoms with Crippen molar-refractivity contribution < 1.29 is 0 Å². The van der Waals surface area contributed by atoms with Crippen LogP contribution in [0.5, 0.6) is 0 Å². The largest absolute Gasteiger partial charge is 0.356 e. The van der Waals surface area contributed by atoms with Gasteiger partial charge in [-0.3, -0.25) is 9.98 Å². The van der Waals surface area contributed by atoms with E-state index in [9.17, 15) is 0 Å². The topological polar surface area (TPSA) is 49.3 Å². The monoisotopic (exact) mass is 248 g/mol. The van der Waals surface area contributed by atoms with Gasteiger partial charge in [0.15, 0.2) is 5.96 Å². The van der Waals surface area contributed by atoms with Crippen molar-refractivity contribution in [2.45, 2.75) is 39.7 Å². The van der Waals surface area contributed by atoms with Gasteiger partial charge < -0.3 is 10.6 Å². The van der Waals surface area contributed by atoms with Crippen LogP contribution in [0.25, 0.3) is 0 Å². The standard InChI is InChI=1S/C14H24N4/c1-4-5-6-9-17-14(15-3)18-11-13-12(2)8-7-10-16-13/h7-8,10H,4-6,9,11H2,1-3H3,(H2,15,17,18). The Kier molecular flexibility index (Phi) is 6.84. The van der Waals surface area contributed by atoms with Gasteiger partial charge in [0.1, 0.15) is 0 Å². The normalized spacial score (nSPS) is 11.4. The summed E-state index contributed by atoms with van der Waals surface area (Å²) in [6.45, 7) is 5.95. The van der Waals surface area contributed by atoms with E-state index in [-0.39, 0.29) is 0 Å². The second-order valence-corrected chi connectivity index (χ2v) is 4.33. The summed E-state index contributed by atoms with van der Waals surface area (Å²) in [5.74, 6) is 0.844. The van der Waals surface area contributed by atoms with E-state index >= 15 is 0 Å². The number of rotatable bonds is 6. The number of unbranched alkanes of at least 4 members (excludes halogenated alkanes) is 2. The zero-order chi connectivity index (χ0) is 13.2. The van der Waals surface area contributed by atoms with Gasteiger partial charge in [0.05, 0.1) is 12.2 Å². The molecule has 1 aromatic rings. The van der Waals surface area contributed by atoms with Crippen molar-refractivity contribution in [1.29, 1.82) is 0 Å². The van der Waals surface area contributed by atoms with Gasteiger partial charge in [-0.2, -0.15) is 0 Å². The maximum Gasteiger partial charge on any atom is 0.191 e. The molecule has 100 valence electrons. The fourth-order valence-corrected chi connectivity index (χ4v) is 1.67. The summed E-state index contributed by atoms with van der Waals surface area (Å²) < 4.78 is 0. The van der Waals surface area contributed by atoms with Crippen molar-refractivity contribution in [3.63, 3.8) is 0 Å². The lowest BCUT2D eigenvalue weighted by molar-refractivity contribution is 0.681. The number of aliphatic imine (C=N–C) groups is 1. The Labute approximate surface area is 110 Å². The van der Waals surface area contributed by atoms with Crippen LogP contribution in [0.4, 0.5) is 0 Å². The van der Waals surface area contributed by atoms with Crippen molar-refractivity contribution in [3.05, 3.63) is 29.6 Å². The van der Waals surface area contributed by atoms with E-state index in [2.05, 4.69) is 40.5 Å². The molecule has 0 saturated heterocycles. The third-order valence-electron chi connectivity index (χ3n) is 2.84. The molecule has 0 bridgehead atoms. The predicted molar refractivity (Wildman–Crippen MR) is 76.7 cm³/mol. The SMILES string of the molecule is CCCCCNC(=NC)NCc1ncccc1C. The van der Waals surface area contributed by atoms with Gasteiger partial charge in [-0.05, 0) is 25.0 Å². The van der Waals surface area contributed by atoms with Crippen LogP contribution >= 0.6 is 0 Å². The minimum absolute atomic E-state index is 0.708. The molecule has 1 aromatic heterocycles. The molecular formula is C14H24N4. The van der Waals surface area contributed by atoms with E-state index in [0.717, 1.165) is 18.2 Å². The average molecular weight is 248 g/mol. The summed E-state index contributed by atoms with van der Waals surface area (Å²) in [5, 5.41) is 6.58. The van der Waals surface area contributed by atoms with Gasteiger partial charge in [0.25, 0.3) is 0 Å². The minimum Gasteiger partial charge on any atom is -0.356 e. The maximum atomic E-state index is 4.35. The van der Waals surface area contributed by atoms with Crippen LogP contribution < -0.4 is 10.6 Å². The number of aryl methyl sites for hydroxylation is 1. The van der Waals surface area contributed by atoms with Gasteiger partial charge in [-0.1, -0.05) is 25.8 Å². The van der Waals surface area contributed by atoms with Crippen LogP contribution in [0.2, 0.25) is 0 Å². The van der Waals surface area contributed by atoms with Gasteiger partial charge in [-0.25, -0.2) is 0 Å². The number of hydrogen-bond donors (Lipinski definition) is 2. The van der Waals surface area contributed by atoms with E-state index in [1.54, 1.807) is 7.05 Å². The first-order chi connectivity index (χ1) is 8.77. The van der Waals surface area contributed by atoms with Crippen LogP contribution in [0.1, 0.15) is 37.4 Å². The lowest BCUT2D eigenvalue weighted by Crippen LogP contribution is -2.37. The fraction of sp³-hybridized carbons (Fsp3) is 0.571. The van der Waals surface area contributed by atoms with Crippen LogP contribution in [0, 0.1) is 6.92 Å². The van der Waals surface area contributed by atoms with E-state index in [1.165, 1.54) is 24.8 Å². The molecule has 0 aromatic carbocycles. The van der Waals surface area contributed by atoms with Gasteiger partial charge in [0.2, 0.25) is 0 Å². The van der Waals surface area contributed by atoms with Gasteiger partial charge in [-0.15, -0.1) is 0 Å². The smallest absolute Gasteiger partial charge is 0.191 e. The van der Waals surface area contributed by atoms with Crippen molar-refractivity contribution in [2.24, 2.45) is 4.99 Å². The summed E-state index contributed by atoms with van der Waals surface area (Å²) in [7, 11) is 1.79. The Morgan fingerprint density at radius 3 is 2.83 bits per heavy atom. The second-order valence-electron chi connectivity index (χ2n) is 4.33. The van der Waals surface area contributed by atoms with Crippen LogP contribution in [-0.4, -0.2) is 24.5 Å². The molecule has 0 amide bonds. The van der Waals surface area contributed by atoms with Crippen molar-refractivity contribution in [3.8, 4) is 0 Å². The third kappa shape index (κ3) is 5.17. The first-order valence-electron chi connectivity index (χ1n) is 6.63. The number of nitrogens with zero attached hydrogens (tertiary/aromatic N) is 2. The molecule has 0 aliphatic heterocycles. The van der Waals surface area contributed by atoms with Gasteiger partial charge in [0, 0.05) is 19.8 Å². The summed E-state index contributed by atoms with van der Waals surface area (Å²) in [6, 6.07) is 4.03. The lowest BCUT2D eigenvalue weighted by atomic mass is 10.2. The van der Waals surface area contributed by atoms with Crippen molar-refractivity contribution in [1.82, 2.24) is 15.6 Å². The average Bonchev–Trinajstić information content (AvgIpc) is 2.40. The number of nitrogens with one attached hydrogen (secondary N) is 2. The van der Waals surface area contributed by atoms with E-state index in [4.69, 9.17) is 0 Å². The molecule has 0 saturated carbocycles. The molecule has 0 radical (unpaired) electrons. The molecule has 18 heavy (non-hydrogen) atoms. The Morgan fingerprint density at radius 1 is 1.33 bits per heavy atom. The van der Waals surface area contributed by atoms with Crippen molar-refractivity contribution in [2.75, 3.05) is 13.6 Å². The van der Waals surface area contributed by atoms with Crippen LogP contribution in [0.15, 0.2) is 23.3 Å². The molecule has 1 heterocycles. The van der Waals surface area contributed by atoms with Crippen LogP contribution in [-0.2, 0) is 6.54 Å². The summed E-state index contributed by atoms with van der Waals surface area (Å²) in [5.41, 5.74) is 2.26. The summed E-state index contributed by atoms with van der Waals surface area (Å²) >= 11 is 0. The molecule has 0 atom stereocenters. The molecule has 2 N–H and O–H groups in total. The first kappa shape index (κ1) is 14.5. The Balaban J connectivity index is 2.34. The highest BCUT2D eigenvalue weighted by molar-refractivity contribution is 5.79. The minimum atomic E-state index is 0.708. The number of aromatic nitrogens is 1. The highest BCUT2D eigenvalue weighted by Gasteiger charge is 2.00. The van der Waals surface area contributed by atoms with E-state index < -0.39 is 0 Å². The summed E-state index contributed by atoms with van der Waals surface area (Å²) in [6.07, 6.45) is 5.49. The van der Waals surface area contributed by atoms with Gasteiger partial charge >= 0.3 is 0 Å². The fourth-order valence-electron chi connectivity index (χ4n) is 1.67. The zero-order valence-corrected chi connectivity index (χ0v) is 11.7. The van der Waals surface area contributed by atoms with Crippen molar-refractivity contribution >= 4 is 5.96 Å². The lowest BCUT2D eigenvalue weighted by Gasteiger charge is -2.12. The van der Waals surface area contributed by atoms with Crippen LogP contribution in [0.3, 0.4) is 0 Å².